The highest BCUT2D eigenvalue weighted by atomic mass is 16.4. The number of carboxylic acids is 1. The smallest absolute Gasteiger partial charge is 0.317 e. The molecule has 2 heterocycles. The minimum atomic E-state index is -0.738. The van der Waals surface area contributed by atoms with Gasteiger partial charge in [0.05, 0.1) is 6.54 Å². The lowest BCUT2D eigenvalue weighted by Gasteiger charge is -2.30. The number of hydrogen-bond donors (Lipinski definition) is 1. The van der Waals surface area contributed by atoms with E-state index in [2.05, 4.69) is 16.4 Å². The SMILES string of the molecule is C=CCN(CC(=O)O)C1CCN2CCCC12. The molecule has 4 heteroatoms. The summed E-state index contributed by atoms with van der Waals surface area (Å²) in [5, 5.41) is 8.92. The molecule has 4 nitrogen and oxygen atoms in total. The summed E-state index contributed by atoms with van der Waals surface area (Å²) in [6.07, 6.45) is 5.39. The second-order valence-electron chi connectivity index (χ2n) is 4.71. The Balaban J connectivity index is 2.01. The molecule has 2 fully saturated rings. The van der Waals surface area contributed by atoms with Gasteiger partial charge in [-0.25, -0.2) is 0 Å². The first-order chi connectivity index (χ1) is 7.72. The van der Waals surface area contributed by atoms with Gasteiger partial charge in [0.1, 0.15) is 0 Å². The first-order valence-electron chi connectivity index (χ1n) is 6.03. The zero-order valence-electron chi connectivity index (χ0n) is 9.64. The average Bonchev–Trinajstić information content (AvgIpc) is 2.76. The summed E-state index contributed by atoms with van der Waals surface area (Å²) in [6, 6.07) is 0.996. The minimum absolute atomic E-state index is 0.140. The van der Waals surface area contributed by atoms with Gasteiger partial charge in [-0.3, -0.25) is 14.6 Å². The average molecular weight is 224 g/mol. The molecular weight excluding hydrogens is 204 g/mol. The highest BCUT2D eigenvalue weighted by Gasteiger charge is 2.40. The van der Waals surface area contributed by atoms with E-state index < -0.39 is 5.97 Å². The molecule has 0 radical (unpaired) electrons. The Bertz CT molecular complexity index is 280. The maximum atomic E-state index is 10.8. The van der Waals surface area contributed by atoms with Crippen molar-refractivity contribution in [3.8, 4) is 0 Å². The molecule has 90 valence electrons. The van der Waals surface area contributed by atoms with E-state index >= 15 is 0 Å². The molecule has 2 unspecified atom stereocenters. The molecule has 2 saturated heterocycles. The van der Waals surface area contributed by atoms with E-state index in [4.69, 9.17) is 5.11 Å². The van der Waals surface area contributed by atoms with Crippen LogP contribution in [-0.4, -0.2) is 59.1 Å². The Hall–Kier alpha value is -0.870. The molecule has 1 N–H and O–H groups in total. The lowest BCUT2D eigenvalue weighted by Crippen LogP contribution is -2.45. The zero-order valence-corrected chi connectivity index (χ0v) is 9.64. The van der Waals surface area contributed by atoms with Crippen molar-refractivity contribution < 1.29 is 9.90 Å². The Morgan fingerprint density at radius 3 is 3.00 bits per heavy atom. The summed E-state index contributed by atoms with van der Waals surface area (Å²) in [5.74, 6) is -0.738. The lowest BCUT2D eigenvalue weighted by molar-refractivity contribution is -0.138. The van der Waals surface area contributed by atoms with Crippen LogP contribution in [0.15, 0.2) is 12.7 Å². The van der Waals surface area contributed by atoms with Gasteiger partial charge in [-0.1, -0.05) is 6.08 Å². The number of nitrogens with zero attached hydrogens (tertiary/aromatic N) is 2. The second-order valence-corrected chi connectivity index (χ2v) is 4.71. The fraction of sp³-hybridized carbons (Fsp3) is 0.750. The van der Waals surface area contributed by atoms with Crippen LogP contribution < -0.4 is 0 Å². The van der Waals surface area contributed by atoms with Crippen molar-refractivity contribution in [2.24, 2.45) is 0 Å². The fourth-order valence-electron chi connectivity index (χ4n) is 3.14. The molecule has 0 aromatic heterocycles. The van der Waals surface area contributed by atoms with Crippen molar-refractivity contribution >= 4 is 5.97 Å². The number of rotatable bonds is 5. The second kappa shape index (κ2) is 4.97. The number of fused-ring (bicyclic) bond motifs is 1. The van der Waals surface area contributed by atoms with Crippen molar-refractivity contribution in [3.63, 3.8) is 0 Å². The monoisotopic (exact) mass is 224 g/mol. The maximum Gasteiger partial charge on any atom is 0.317 e. The topological polar surface area (TPSA) is 43.8 Å². The van der Waals surface area contributed by atoms with Crippen molar-refractivity contribution in [1.82, 2.24) is 9.80 Å². The van der Waals surface area contributed by atoms with Crippen LogP contribution in [0.2, 0.25) is 0 Å². The Morgan fingerprint density at radius 2 is 2.31 bits per heavy atom. The van der Waals surface area contributed by atoms with Gasteiger partial charge in [0, 0.05) is 25.2 Å². The number of carboxylic acid groups (broad SMARTS) is 1. The van der Waals surface area contributed by atoms with Crippen molar-refractivity contribution in [1.29, 1.82) is 0 Å². The molecule has 2 aliphatic heterocycles. The first kappa shape index (κ1) is 11.6. The normalized spacial score (nSPS) is 29.6. The van der Waals surface area contributed by atoms with Crippen LogP contribution in [0.3, 0.4) is 0 Å². The van der Waals surface area contributed by atoms with E-state index in [1.165, 1.54) is 19.4 Å². The molecule has 0 aromatic rings. The van der Waals surface area contributed by atoms with E-state index in [0.29, 0.717) is 18.6 Å². The molecular formula is C12H20N2O2. The number of carbonyl (C=O) groups is 1. The number of hydrogen-bond acceptors (Lipinski definition) is 3. The molecule has 0 aromatic carbocycles. The van der Waals surface area contributed by atoms with Gasteiger partial charge in [-0.2, -0.15) is 0 Å². The Kier molecular flexibility index (Phi) is 3.61. The standard InChI is InChI=1S/C12H20N2O2/c1-2-6-14(9-12(15)16)11-5-8-13-7-3-4-10(11)13/h2,10-11H,1,3-9H2,(H,15,16). The fourth-order valence-corrected chi connectivity index (χ4v) is 3.14. The molecule has 16 heavy (non-hydrogen) atoms. The number of aliphatic carboxylic acids is 1. The largest absolute Gasteiger partial charge is 0.480 e. The summed E-state index contributed by atoms with van der Waals surface area (Å²) in [4.78, 5) is 15.4. The summed E-state index contributed by atoms with van der Waals surface area (Å²) < 4.78 is 0. The highest BCUT2D eigenvalue weighted by molar-refractivity contribution is 5.69. The molecule has 2 atom stereocenters. The van der Waals surface area contributed by atoms with E-state index in [-0.39, 0.29) is 6.54 Å². The molecule has 0 spiro atoms. The van der Waals surface area contributed by atoms with Gasteiger partial charge in [-0.15, -0.1) is 6.58 Å². The molecule has 0 saturated carbocycles. The molecule has 0 amide bonds. The van der Waals surface area contributed by atoms with E-state index in [1.807, 2.05) is 0 Å². The van der Waals surface area contributed by atoms with Crippen LogP contribution in [0, 0.1) is 0 Å². The van der Waals surface area contributed by atoms with E-state index in [9.17, 15) is 4.79 Å². The zero-order chi connectivity index (χ0) is 11.5. The van der Waals surface area contributed by atoms with Crippen molar-refractivity contribution in [2.75, 3.05) is 26.2 Å². The minimum Gasteiger partial charge on any atom is -0.480 e. The van der Waals surface area contributed by atoms with Gasteiger partial charge in [0.2, 0.25) is 0 Å². The lowest BCUT2D eigenvalue weighted by atomic mass is 10.0. The Morgan fingerprint density at radius 1 is 1.50 bits per heavy atom. The van der Waals surface area contributed by atoms with E-state index in [0.717, 1.165) is 13.0 Å². The third kappa shape index (κ3) is 2.28. The first-order valence-corrected chi connectivity index (χ1v) is 6.03. The van der Waals surface area contributed by atoms with Crippen LogP contribution in [0.25, 0.3) is 0 Å². The molecule has 0 bridgehead atoms. The van der Waals surface area contributed by atoms with Gasteiger partial charge in [0.25, 0.3) is 0 Å². The van der Waals surface area contributed by atoms with Crippen LogP contribution in [0.4, 0.5) is 0 Å². The van der Waals surface area contributed by atoms with Gasteiger partial charge < -0.3 is 5.11 Å². The quantitative estimate of drug-likeness (QED) is 0.701. The predicted molar refractivity (Wildman–Crippen MR) is 62.4 cm³/mol. The third-order valence-electron chi connectivity index (χ3n) is 3.74. The van der Waals surface area contributed by atoms with Crippen LogP contribution in [0.1, 0.15) is 19.3 Å². The summed E-state index contributed by atoms with van der Waals surface area (Å²) >= 11 is 0. The van der Waals surface area contributed by atoms with Crippen molar-refractivity contribution in [3.05, 3.63) is 12.7 Å². The predicted octanol–water partition coefficient (Wildman–Crippen LogP) is 0.796. The molecule has 0 aliphatic carbocycles. The molecule has 2 rings (SSSR count). The van der Waals surface area contributed by atoms with Gasteiger partial charge >= 0.3 is 5.97 Å². The summed E-state index contributed by atoms with van der Waals surface area (Å²) in [5.41, 5.74) is 0. The van der Waals surface area contributed by atoms with Crippen LogP contribution >= 0.6 is 0 Å². The van der Waals surface area contributed by atoms with Gasteiger partial charge in [0.15, 0.2) is 0 Å². The van der Waals surface area contributed by atoms with Crippen LogP contribution in [-0.2, 0) is 4.79 Å². The summed E-state index contributed by atoms with van der Waals surface area (Å²) in [6.45, 7) is 6.86. The summed E-state index contributed by atoms with van der Waals surface area (Å²) in [7, 11) is 0. The van der Waals surface area contributed by atoms with Gasteiger partial charge in [-0.05, 0) is 25.8 Å². The van der Waals surface area contributed by atoms with E-state index in [1.54, 1.807) is 6.08 Å². The maximum absolute atomic E-state index is 10.8. The van der Waals surface area contributed by atoms with Crippen molar-refractivity contribution in [2.45, 2.75) is 31.3 Å². The van der Waals surface area contributed by atoms with Crippen LogP contribution in [0.5, 0.6) is 0 Å². The Labute approximate surface area is 96.5 Å². The third-order valence-corrected chi connectivity index (χ3v) is 3.74. The molecule has 2 aliphatic rings. The highest BCUT2D eigenvalue weighted by Crippen LogP contribution is 2.31.